The van der Waals surface area contributed by atoms with Crippen LogP contribution in [0.25, 0.3) is 0 Å². The Labute approximate surface area is 104 Å². The Kier molecular flexibility index (Phi) is 3.24. The number of aromatic nitrogens is 2. The van der Waals surface area contributed by atoms with Crippen LogP contribution in [0.2, 0.25) is 5.02 Å². The number of hydrogen-bond acceptors (Lipinski definition) is 3. The number of phenols is 1. The molecule has 0 atom stereocenters. The van der Waals surface area contributed by atoms with E-state index in [-0.39, 0.29) is 12.4 Å². The van der Waals surface area contributed by atoms with Crippen molar-refractivity contribution >= 4 is 11.6 Å². The van der Waals surface area contributed by atoms with Crippen molar-refractivity contribution in [2.45, 2.75) is 13.5 Å². The number of ether oxygens (including phenoxy) is 1. The van der Waals surface area contributed by atoms with Crippen LogP contribution in [0.4, 0.5) is 0 Å². The van der Waals surface area contributed by atoms with Crippen molar-refractivity contribution in [3.63, 3.8) is 0 Å². The zero-order valence-corrected chi connectivity index (χ0v) is 10.4. The fraction of sp³-hybridized carbons (Fsp3) is 0.250. The number of rotatable bonds is 3. The second-order valence-corrected chi connectivity index (χ2v) is 4.10. The molecule has 17 heavy (non-hydrogen) atoms. The molecule has 0 aliphatic rings. The Hall–Kier alpha value is -1.68. The third-order valence-electron chi connectivity index (χ3n) is 2.49. The van der Waals surface area contributed by atoms with E-state index < -0.39 is 0 Å². The van der Waals surface area contributed by atoms with Crippen molar-refractivity contribution in [3.05, 3.63) is 40.7 Å². The van der Waals surface area contributed by atoms with Crippen LogP contribution in [0.3, 0.4) is 0 Å². The molecule has 2 rings (SSSR count). The molecule has 0 unspecified atom stereocenters. The molecule has 0 saturated carbocycles. The fourth-order valence-electron chi connectivity index (χ4n) is 1.56. The number of halogens is 1. The maximum absolute atomic E-state index is 9.55. The Morgan fingerprint density at radius 3 is 2.71 bits per heavy atom. The van der Waals surface area contributed by atoms with Gasteiger partial charge in [0.1, 0.15) is 6.61 Å². The summed E-state index contributed by atoms with van der Waals surface area (Å²) < 4.78 is 7.18. The molecular formula is C12H13ClN2O2. The zero-order chi connectivity index (χ0) is 12.4. The van der Waals surface area contributed by atoms with Gasteiger partial charge in [0.15, 0.2) is 11.5 Å². The molecule has 0 saturated heterocycles. The Bertz CT molecular complexity index is 537. The Morgan fingerprint density at radius 1 is 1.41 bits per heavy atom. The molecule has 0 bridgehead atoms. The van der Waals surface area contributed by atoms with E-state index in [0.29, 0.717) is 10.8 Å². The fourth-order valence-corrected chi connectivity index (χ4v) is 1.78. The molecule has 4 nitrogen and oxygen atoms in total. The highest BCUT2D eigenvalue weighted by Crippen LogP contribution is 2.27. The van der Waals surface area contributed by atoms with Crippen molar-refractivity contribution in [3.8, 4) is 11.5 Å². The molecule has 1 heterocycles. The maximum Gasteiger partial charge on any atom is 0.161 e. The minimum atomic E-state index is 0.113. The van der Waals surface area contributed by atoms with Crippen molar-refractivity contribution in [2.75, 3.05) is 0 Å². The van der Waals surface area contributed by atoms with Gasteiger partial charge in [-0.1, -0.05) is 23.7 Å². The molecule has 1 aromatic carbocycles. The lowest BCUT2D eigenvalue weighted by Gasteiger charge is -2.08. The van der Waals surface area contributed by atoms with Gasteiger partial charge in [0.2, 0.25) is 0 Å². The van der Waals surface area contributed by atoms with E-state index in [9.17, 15) is 5.11 Å². The van der Waals surface area contributed by atoms with E-state index in [1.807, 2.05) is 14.0 Å². The smallest absolute Gasteiger partial charge is 0.161 e. The average Bonchev–Trinajstić information content (AvgIpc) is 2.53. The van der Waals surface area contributed by atoms with E-state index in [1.54, 1.807) is 28.9 Å². The first kappa shape index (κ1) is 11.8. The van der Waals surface area contributed by atoms with Crippen molar-refractivity contribution in [1.29, 1.82) is 0 Å². The summed E-state index contributed by atoms with van der Waals surface area (Å²) in [4.78, 5) is 0. The number of nitrogens with zero attached hydrogens (tertiary/aromatic N) is 2. The summed E-state index contributed by atoms with van der Waals surface area (Å²) in [7, 11) is 1.81. The second-order valence-electron chi connectivity index (χ2n) is 3.73. The number of hydrogen-bond donors (Lipinski definition) is 1. The quantitative estimate of drug-likeness (QED) is 0.914. The summed E-state index contributed by atoms with van der Waals surface area (Å²) in [6.45, 7) is 2.11. The van der Waals surface area contributed by atoms with E-state index >= 15 is 0 Å². The molecule has 1 N–H and O–H groups in total. The van der Waals surface area contributed by atoms with E-state index in [2.05, 4.69) is 5.10 Å². The largest absolute Gasteiger partial charge is 0.504 e. The van der Waals surface area contributed by atoms with Crippen molar-refractivity contribution in [2.24, 2.45) is 7.05 Å². The summed E-state index contributed by atoms with van der Waals surface area (Å²) in [5, 5.41) is 14.3. The van der Waals surface area contributed by atoms with Crippen LogP contribution in [-0.4, -0.2) is 14.9 Å². The molecule has 1 aromatic heterocycles. The summed E-state index contributed by atoms with van der Waals surface area (Å²) in [6.07, 6.45) is 0. The second kappa shape index (κ2) is 4.67. The first-order chi connectivity index (χ1) is 8.09. The number of benzene rings is 1. The van der Waals surface area contributed by atoms with E-state index in [1.165, 1.54) is 0 Å². The third kappa shape index (κ3) is 2.36. The van der Waals surface area contributed by atoms with Gasteiger partial charge in [-0.2, -0.15) is 5.10 Å². The van der Waals surface area contributed by atoms with Gasteiger partial charge in [0, 0.05) is 7.05 Å². The topological polar surface area (TPSA) is 47.3 Å². The molecule has 0 aliphatic carbocycles. The molecule has 2 aromatic rings. The molecule has 0 amide bonds. The van der Waals surface area contributed by atoms with Crippen molar-refractivity contribution in [1.82, 2.24) is 9.78 Å². The lowest BCUT2D eigenvalue weighted by Crippen LogP contribution is -2.03. The van der Waals surface area contributed by atoms with E-state index in [4.69, 9.17) is 16.3 Å². The van der Waals surface area contributed by atoms with Crippen LogP contribution >= 0.6 is 11.6 Å². The summed E-state index contributed by atoms with van der Waals surface area (Å²) in [6, 6.07) is 6.81. The van der Waals surface area contributed by atoms with Crippen LogP contribution in [0.15, 0.2) is 24.3 Å². The summed E-state index contributed by atoms with van der Waals surface area (Å²) >= 11 is 6.09. The van der Waals surface area contributed by atoms with Gasteiger partial charge in [0.05, 0.1) is 16.4 Å². The highest BCUT2D eigenvalue weighted by molar-refractivity contribution is 6.31. The first-order valence-corrected chi connectivity index (χ1v) is 5.56. The molecule has 0 aliphatic heterocycles. The van der Waals surface area contributed by atoms with Gasteiger partial charge in [-0.25, -0.2) is 0 Å². The Morgan fingerprint density at radius 2 is 2.12 bits per heavy atom. The molecular weight excluding hydrogens is 240 g/mol. The number of aromatic hydroxyl groups is 1. The van der Waals surface area contributed by atoms with Crippen molar-refractivity contribution < 1.29 is 9.84 Å². The highest BCUT2D eigenvalue weighted by Gasteiger charge is 2.12. The zero-order valence-electron chi connectivity index (χ0n) is 9.64. The predicted molar refractivity (Wildman–Crippen MR) is 65.4 cm³/mol. The van der Waals surface area contributed by atoms with Crippen LogP contribution in [0.1, 0.15) is 11.4 Å². The van der Waals surface area contributed by atoms with Gasteiger partial charge in [-0.05, 0) is 19.1 Å². The first-order valence-electron chi connectivity index (χ1n) is 5.18. The molecule has 0 radical (unpaired) electrons. The number of phenolic OH excluding ortho intramolecular Hbond substituents is 1. The van der Waals surface area contributed by atoms with Gasteiger partial charge >= 0.3 is 0 Å². The molecule has 0 spiro atoms. The van der Waals surface area contributed by atoms with Gasteiger partial charge in [-0.15, -0.1) is 0 Å². The molecule has 90 valence electrons. The monoisotopic (exact) mass is 252 g/mol. The van der Waals surface area contributed by atoms with Gasteiger partial charge < -0.3 is 9.84 Å². The lowest BCUT2D eigenvalue weighted by molar-refractivity contribution is 0.279. The van der Waals surface area contributed by atoms with E-state index in [0.717, 1.165) is 11.4 Å². The minimum Gasteiger partial charge on any atom is -0.504 e. The van der Waals surface area contributed by atoms with Crippen LogP contribution in [0, 0.1) is 6.92 Å². The summed E-state index contributed by atoms with van der Waals surface area (Å²) in [5.41, 5.74) is 1.55. The molecule has 0 fully saturated rings. The number of aryl methyl sites for hydroxylation is 2. The number of para-hydroxylation sites is 2. The van der Waals surface area contributed by atoms with Crippen LogP contribution in [0.5, 0.6) is 11.5 Å². The SMILES string of the molecule is Cc1nn(C)c(COc2ccccc2O)c1Cl. The maximum atomic E-state index is 9.55. The van der Waals surface area contributed by atoms with Crippen LogP contribution in [-0.2, 0) is 13.7 Å². The lowest BCUT2D eigenvalue weighted by atomic mass is 10.3. The van der Waals surface area contributed by atoms with Gasteiger partial charge in [0.25, 0.3) is 0 Å². The third-order valence-corrected chi connectivity index (χ3v) is 2.98. The average molecular weight is 253 g/mol. The Balaban J connectivity index is 2.15. The van der Waals surface area contributed by atoms with Gasteiger partial charge in [-0.3, -0.25) is 4.68 Å². The normalized spacial score (nSPS) is 10.5. The standard InChI is InChI=1S/C12H13ClN2O2/c1-8-12(13)9(15(2)14-8)7-17-11-6-4-3-5-10(11)16/h3-6,16H,7H2,1-2H3. The minimum absolute atomic E-state index is 0.113. The predicted octanol–water partition coefficient (Wildman–Crippen LogP) is 2.67. The highest BCUT2D eigenvalue weighted by atomic mass is 35.5. The van der Waals surface area contributed by atoms with Crippen LogP contribution < -0.4 is 4.74 Å². The molecule has 5 heteroatoms. The summed E-state index contributed by atoms with van der Waals surface area (Å²) in [5.74, 6) is 0.546.